The minimum Gasteiger partial charge on any atom is -0.489 e. The Balaban J connectivity index is 1.28. The molecule has 188 valence electrons. The summed E-state index contributed by atoms with van der Waals surface area (Å²) in [5.74, 6) is 1.76. The molecule has 0 aliphatic heterocycles. The molecule has 0 fully saturated rings. The van der Waals surface area contributed by atoms with Crippen LogP contribution in [0.5, 0.6) is 5.75 Å². The number of hydrogen-bond donors (Lipinski definition) is 3. The van der Waals surface area contributed by atoms with E-state index in [0.29, 0.717) is 23.5 Å². The molecular weight excluding hydrogens is 498 g/mol. The summed E-state index contributed by atoms with van der Waals surface area (Å²) in [5.41, 5.74) is 6.50. The van der Waals surface area contributed by atoms with E-state index >= 15 is 0 Å². The van der Waals surface area contributed by atoms with E-state index in [9.17, 15) is 0 Å². The van der Waals surface area contributed by atoms with Gasteiger partial charge in [0.05, 0.1) is 6.21 Å². The average molecular weight is 522 g/mol. The van der Waals surface area contributed by atoms with Crippen LogP contribution in [-0.2, 0) is 6.61 Å². The number of halogens is 1. The molecule has 5 rings (SSSR count). The van der Waals surface area contributed by atoms with Gasteiger partial charge >= 0.3 is 0 Å². The Morgan fingerprint density at radius 1 is 0.684 bits per heavy atom. The Bertz CT molecular complexity index is 1440. The number of rotatable bonds is 10. The van der Waals surface area contributed by atoms with Crippen molar-refractivity contribution in [2.75, 3.05) is 16.1 Å². The van der Waals surface area contributed by atoms with Gasteiger partial charge in [0, 0.05) is 16.4 Å². The van der Waals surface area contributed by atoms with Crippen LogP contribution >= 0.6 is 11.6 Å². The molecule has 0 aliphatic carbocycles. The van der Waals surface area contributed by atoms with E-state index in [0.717, 1.165) is 28.3 Å². The third kappa shape index (κ3) is 7.28. The first-order valence-electron chi connectivity index (χ1n) is 11.9. The predicted octanol–water partition coefficient (Wildman–Crippen LogP) is 7.04. The van der Waals surface area contributed by atoms with Gasteiger partial charge in [0.15, 0.2) is 0 Å². The van der Waals surface area contributed by atoms with E-state index < -0.39 is 0 Å². The molecule has 4 aromatic carbocycles. The summed E-state index contributed by atoms with van der Waals surface area (Å²) in [5, 5.41) is 11.4. The van der Waals surface area contributed by atoms with E-state index in [1.165, 1.54) is 0 Å². The van der Waals surface area contributed by atoms with Crippen molar-refractivity contribution in [2.45, 2.75) is 6.61 Å². The SMILES string of the molecule is Clc1ccc(COc2cccc(/C=N\Nc3nc(Nc4ccccc4)nc(Nc4ccccc4)n3)c2)cc1. The number of aromatic nitrogens is 3. The zero-order chi connectivity index (χ0) is 26.0. The van der Waals surface area contributed by atoms with Crippen LogP contribution in [0.15, 0.2) is 114 Å². The molecule has 8 nitrogen and oxygen atoms in total. The number of benzene rings is 4. The Labute approximate surface area is 225 Å². The summed E-state index contributed by atoms with van der Waals surface area (Å²) in [6.45, 7) is 0.440. The number of anilines is 5. The fourth-order valence-corrected chi connectivity index (χ4v) is 3.56. The first kappa shape index (κ1) is 24.7. The second kappa shape index (κ2) is 12.3. The second-order valence-electron chi connectivity index (χ2n) is 8.15. The molecule has 5 aromatic rings. The van der Waals surface area contributed by atoms with E-state index in [2.05, 4.69) is 36.1 Å². The molecule has 0 radical (unpaired) electrons. The van der Waals surface area contributed by atoms with Gasteiger partial charge in [-0.25, -0.2) is 5.43 Å². The number of para-hydroxylation sites is 2. The van der Waals surface area contributed by atoms with Gasteiger partial charge in [-0.1, -0.05) is 72.3 Å². The quantitative estimate of drug-likeness (QED) is 0.134. The maximum absolute atomic E-state index is 5.95. The third-order valence-corrected chi connectivity index (χ3v) is 5.50. The van der Waals surface area contributed by atoms with Crippen LogP contribution in [0.2, 0.25) is 5.02 Å². The van der Waals surface area contributed by atoms with Gasteiger partial charge in [0.1, 0.15) is 12.4 Å². The molecule has 0 amide bonds. The Morgan fingerprint density at radius 3 is 1.92 bits per heavy atom. The third-order valence-electron chi connectivity index (χ3n) is 5.25. The highest BCUT2D eigenvalue weighted by Gasteiger charge is 2.07. The van der Waals surface area contributed by atoms with E-state index in [1.54, 1.807) is 6.21 Å². The molecule has 0 saturated heterocycles. The van der Waals surface area contributed by atoms with E-state index in [1.807, 2.05) is 109 Å². The maximum atomic E-state index is 5.95. The fourth-order valence-electron chi connectivity index (χ4n) is 3.44. The smallest absolute Gasteiger partial charge is 0.250 e. The predicted molar refractivity (Wildman–Crippen MR) is 153 cm³/mol. The number of nitrogens with zero attached hydrogens (tertiary/aromatic N) is 4. The molecule has 0 bridgehead atoms. The number of hydrogen-bond acceptors (Lipinski definition) is 8. The van der Waals surface area contributed by atoms with Crippen molar-refractivity contribution in [3.8, 4) is 5.75 Å². The summed E-state index contributed by atoms with van der Waals surface area (Å²) in [6.07, 6.45) is 1.67. The molecule has 0 aliphatic rings. The highest BCUT2D eigenvalue weighted by atomic mass is 35.5. The van der Waals surface area contributed by atoms with E-state index in [-0.39, 0.29) is 5.95 Å². The number of hydrazone groups is 1. The molecule has 0 atom stereocenters. The summed E-state index contributed by atoms with van der Waals surface area (Å²) < 4.78 is 5.91. The molecule has 0 saturated carbocycles. The van der Waals surface area contributed by atoms with Crippen LogP contribution in [0.3, 0.4) is 0 Å². The van der Waals surface area contributed by atoms with Crippen molar-refractivity contribution < 1.29 is 4.74 Å². The fraction of sp³-hybridized carbons (Fsp3) is 0.0345. The first-order valence-corrected chi connectivity index (χ1v) is 12.2. The summed E-state index contributed by atoms with van der Waals surface area (Å²) in [6, 6.07) is 34.6. The lowest BCUT2D eigenvalue weighted by Crippen LogP contribution is -2.07. The zero-order valence-corrected chi connectivity index (χ0v) is 21.0. The standard InChI is InChI=1S/C29H24ClN7O/c30-23-16-14-21(15-17-23)20-38-26-13-7-8-22(18-26)19-31-37-29-35-27(32-24-9-3-1-4-10-24)34-28(36-29)33-25-11-5-2-6-12-25/h1-19H,20H2,(H3,32,33,34,35,36,37)/b31-19-. The van der Waals surface area contributed by atoms with Crippen molar-refractivity contribution in [2.24, 2.45) is 5.10 Å². The Morgan fingerprint density at radius 2 is 1.29 bits per heavy atom. The van der Waals surface area contributed by atoms with Crippen LogP contribution in [0.1, 0.15) is 11.1 Å². The van der Waals surface area contributed by atoms with Crippen molar-refractivity contribution in [3.05, 3.63) is 125 Å². The Hall–Kier alpha value is -4.95. The monoisotopic (exact) mass is 521 g/mol. The van der Waals surface area contributed by atoms with Crippen LogP contribution in [0.4, 0.5) is 29.2 Å². The molecule has 0 spiro atoms. The lowest BCUT2D eigenvalue weighted by Gasteiger charge is -2.10. The number of ether oxygens (including phenoxy) is 1. The minimum absolute atomic E-state index is 0.281. The van der Waals surface area contributed by atoms with Gasteiger partial charge in [-0.15, -0.1) is 0 Å². The Kier molecular flexibility index (Phi) is 8.03. The highest BCUT2D eigenvalue weighted by Crippen LogP contribution is 2.19. The molecule has 9 heteroatoms. The van der Waals surface area contributed by atoms with Gasteiger partial charge in [0.25, 0.3) is 0 Å². The van der Waals surface area contributed by atoms with Crippen LogP contribution in [0, 0.1) is 0 Å². The minimum atomic E-state index is 0.281. The molecular formula is C29H24ClN7O. The van der Waals surface area contributed by atoms with Crippen molar-refractivity contribution in [3.63, 3.8) is 0 Å². The topological polar surface area (TPSA) is 96.4 Å². The van der Waals surface area contributed by atoms with Crippen molar-refractivity contribution >= 4 is 47.0 Å². The first-order chi connectivity index (χ1) is 18.7. The molecule has 1 aromatic heterocycles. The van der Waals surface area contributed by atoms with Gasteiger partial charge < -0.3 is 15.4 Å². The maximum Gasteiger partial charge on any atom is 0.250 e. The average Bonchev–Trinajstić information content (AvgIpc) is 2.94. The summed E-state index contributed by atoms with van der Waals surface area (Å²) in [7, 11) is 0. The zero-order valence-electron chi connectivity index (χ0n) is 20.3. The van der Waals surface area contributed by atoms with Crippen LogP contribution < -0.4 is 20.8 Å². The van der Waals surface area contributed by atoms with Gasteiger partial charge in [-0.3, -0.25) is 0 Å². The van der Waals surface area contributed by atoms with E-state index in [4.69, 9.17) is 16.3 Å². The second-order valence-corrected chi connectivity index (χ2v) is 8.58. The van der Waals surface area contributed by atoms with Crippen LogP contribution in [0.25, 0.3) is 0 Å². The normalized spacial score (nSPS) is 10.8. The summed E-state index contributed by atoms with van der Waals surface area (Å²) >= 11 is 5.95. The lowest BCUT2D eigenvalue weighted by atomic mass is 10.2. The van der Waals surface area contributed by atoms with Gasteiger partial charge in [-0.05, 0) is 59.7 Å². The van der Waals surface area contributed by atoms with Gasteiger partial charge in [-0.2, -0.15) is 20.1 Å². The van der Waals surface area contributed by atoms with Crippen molar-refractivity contribution in [1.29, 1.82) is 0 Å². The lowest BCUT2D eigenvalue weighted by molar-refractivity contribution is 0.306. The van der Waals surface area contributed by atoms with Gasteiger partial charge in [0.2, 0.25) is 17.8 Å². The summed E-state index contributed by atoms with van der Waals surface area (Å²) in [4.78, 5) is 13.4. The van der Waals surface area contributed by atoms with Crippen LogP contribution in [-0.4, -0.2) is 21.2 Å². The highest BCUT2D eigenvalue weighted by molar-refractivity contribution is 6.30. The molecule has 0 unspecified atom stereocenters. The van der Waals surface area contributed by atoms with Crippen molar-refractivity contribution in [1.82, 2.24) is 15.0 Å². The number of nitrogens with one attached hydrogen (secondary N) is 3. The molecule has 1 heterocycles. The largest absolute Gasteiger partial charge is 0.489 e. The molecule has 3 N–H and O–H groups in total. The molecule has 38 heavy (non-hydrogen) atoms.